The molecule has 3 aromatic rings. The Morgan fingerprint density at radius 1 is 1.13 bits per heavy atom. The van der Waals surface area contributed by atoms with Crippen LogP contribution >= 0.6 is 0 Å². The Hall–Kier alpha value is -3.56. The lowest BCUT2D eigenvalue weighted by Gasteiger charge is -2.20. The van der Waals surface area contributed by atoms with Crippen LogP contribution in [-0.4, -0.2) is 45.9 Å². The molecule has 0 bridgehead atoms. The zero-order valence-corrected chi connectivity index (χ0v) is 16.2. The predicted molar refractivity (Wildman–Crippen MR) is 106 cm³/mol. The third kappa shape index (κ3) is 4.07. The molecule has 0 aliphatic carbocycles. The van der Waals surface area contributed by atoms with Gasteiger partial charge in [-0.2, -0.15) is 13.2 Å². The molecule has 1 saturated heterocycles. The molecule has 4 rings (SSSR count). The number of aromatic nitrogens is 2. The van der Waals surface area contributed by atoms with Gasteiger partial charge in [0.05, 0.1) is 11.9 Å². The summed E-state index contributed by atoms with van der Waals surface area (Å²) in [7, 11) is 2.00. The van der Waals surface area contributed by atoms with Crippen LogP contribution in [0.1, 0.15) is 5.56 Å². The van der Waals surface area contributed by atoms with Gasteiger partial charge < -0.3 is 9.67 Å². The smallest absolute Gasteiger partial charge is 0.475 e. The lowest BCUT2D eigenvalue weighted by Crippen LogP contribution is -2.33. The number of aryl methyl sites for hydroxylation is 2. The van der Waals surface area contributed by atoms with Crippen molar-refractivity contribution < 1.29 is 27.9 Å². The second-order valence-electron chi connectivity index (χ2n) is 6.67. The fraction of sp³-hybridized carbons (Fsp3) is 0.250. The van der Waals surface area contributed by atoms with Crippen LogP contribution in [0.3, 0.4) is 0 Å². The number of benzene rings is 1. The number of rotatable bonds is 2. The van der Waals surface area contributed by atoms with E-state index in [1.165, 1.54) is 0 Å². The van der Waals surface area contributed by atoms with Gasteiger partial charge in [0.25, 0.3) is 0 Å². The number of alkyl halides is 3. The summed E-state index contributed by atoms with van der Waals surface area (Å²) in [6, 6.07) is 12.2. The van der Waals surface area contributed by atoms with Crippen LogP contribution in [0.5, 0.6) is 0 Å². The number of hydrogen-bond donors (Lipinski definition) is 1. The number of aliphatic carboxylic acids is 1. The molecule has 1 fully saturated rings. The number of urea groups is 1. The lowest BCUT2D eigenvalue weighted by molar-refractivity contribution is -0.192. The van der Waals surface area contributed by atoms with Gasteiger partial charge in [-0.15, -0.1) is 0 Å². The second-order valence-corrected chi connectivity index (χ2v) is 6.67. The van der Waals surface area contributed by atoms with E-state index in [1.807, 2.05) is 37.1 Å². The van der Waals surface area contributed by atoms with Crippen molar-refractivity contribution >= 4 is 34.4 Å². The highest BCUT2D eigenvalue weighted by Crippen LogP contribution is 2.30. The summed E-state index contributed by atoms with van der Waals surface area (Å²) in [5.41, 5.74) is 3.08. The number of carboxylic acids is 1. The van der Waals surface area contributed by atoms with Crippen molar-refractivity contribution in [3.63, 3.8) is 0 Å². The van der Waals surface area contributed by atoms with Crippen LogP contribution in [0.4, 0.5) is 29.5 Å². The molecule has 3 heterocycles. The van der Waals surface area contributed by atoms with Crippen molar-refractivity contribution in [1.82, 2.24) is 9.55 Å². The highest BCUT2D eigenvalue weighted by Gasteiger charge is 2.38. The maximum atomic E-state index is 12.9. The third-order valence-electron chi connectivity index (χ3n) is 4.76. The summed E-state index contributed by atoms with van der Waals surface area (Å²) in [4.78, 5) is 29.6. The highest BCUT2D eigenvalue weighted by atomic mass is 19.4. The zero-order valence-electron chi connectivity index (χ0n) is 16.2. The van der Waals surface area contributed by atoms with E-state index in [4.69, 9.17) is 9.90 Å². The number of anilines is 2. The van der Waals surface area contributed by atoms with Crippen molar-refractivity contribution in [3.05, 3.63) is 54.4 Å². The Morgan fingerprint density at radius 3 is 2.37 bits per heavy atom. The molecule has 0 spiro atoms. The molecule has 1 aromatic carbocycles. The van der Waals surface area contributed by atoms with Gasteiger partial charge in [0.15, 0.2) is 0 Å². The van der Waals surface area contributed by atoms with Crippen molar-refractivity contribution in [3.8, 4) is 0 Å². The van der Waals surface area contributed by atoms with E-state index in [1.54, 1.807) is 17.3 Å². The van der Waals surface area contributed by atoms with Crippen LogP contribution in [0.2, 0.25) is 0 Å². The topological polar surface area (TPSA) is 78.7 Å². The van der Waals surface area contributed by atoms with E-state index in [2.05, 4.69) is 27.8 Å². The molecular formula is C20H19F3N4O3. The minimum Gasteiger partial charge on any atom is -0.475 e. The first-order valence-electron chi connectivity index (χ1n) is 8.95. The van der Waals surface area contributed by atoms with Gasteiger partial charge in [-0.1, -0.05) is 18.2 Å². The largest absolute Gasteiger partial charge is 0.490 e. The molecule has 0 unspecified atom stereocenters. The maximum absolute atomic E-state index is 12.9. The standard InChI is InChI=1S/C18H18N4O.C2HF3O2/c1-13-7-8-19-12-16(13)21-9-10-22(18(21)23)17-11-14-5-3-4-6-15(14)20(17)2;3-2(4,5)1(6)7/h3-8,11-12H,9-10H2,1-2H3;(H,6,7). The molecule has 2 aromatic heterocycles. The van der Waals surface area contributed by atoms with Crippen molar-refractivity contribution in [1.29, 1.82) is 0 Å². The van der Waals surface area contributed by atoms with Gasteiger partial charge in [-0.3, -0.25) is 14.8 Å². The Balaban J connectivity index is 0.000000318. The number of carboxylic acid groups (broad SMARTS) is 1. The highest BCUT2D eigenvalue weighted by molar-refractivity contribution is 6.07. The monoisotopic (exact) mass is 420 g/mol. The predicted octanol–water partition coefficient (Wildman–Crippen LogP) is 3.96. The summed E-state index contributed by atoms with van der Waals surface area (Å²) in [5.74, 6) is -1.83. The fourth-order valence-corrected chi connectivity index (χ4v) is 3.24. The van der Waals surface area contributed by atoms with Crippen molar-refractivity contribution in [2.24, 2.45) is 7.05 Å². The first kappa shape index (κ1) is 21.2. The lowest BCUT2D eigenvalue weighted by atomic mass is 10.2. The number of amides is 2. The number of hydrogen-bond acceptors (Lipinski definition) is 3. The molecule has 1 aliphatic rings. The van der Waals surface area contributed by atoms with Gasteiger partial charge >= 0.3 is 18.2 Å². The summed E-state index contributed by atoms with van der Waals surface area (Å²) < 4.78 is 33.8. The average molecular weight is 420 g/mol. The number of fused-ring (bicyclic) bond motifs is 1. The first-order chi connectivity index (χ1) is 14.1. The Bertz CT molecular complexity index is 1090. The van der Waals surface area contributed by atoms with E-state index in [-0.39, 0.29) is 6.03 Å². The maximum Gasteiger partial charge on any atom is 0.490 e. The molecule has 1 N–H and O–H groups in total. The Labute approximate surface area is 169 Å². The van der Waals surface area contributed by atoms with Crippen LogP contribution in [0.15, 0.2) is 48.8 Å². The van der Waals surface area contributed by atoms with E-state index in [0.717, 1.165) is 28.0 Å². The minimum absolute atomic E-state index is 0.00649. The van der Waals surface area contributed by atoms with Gasteiger partial charge in [-0.25, -0.2) is 9.59 Å². The second kappa shape index (κ2) is 8.05. The molecule has 2 amide bonds. The van der Waals surface area contributed by atoms with E-state index in [9.17, 15) is 18.0 Å². The Morgan fingerprint density at radius 2 is 1.77 bits per heavy atom. The number of pyridine rings is 1. The fourth-order valence-electron chi connectivity index (χ4n) is 3.24. The molecular weight excluding hydrogens is 401 g/mol. The molecule has 30 heavy (non-hydrogen) atoms. The van der Waals surface area contributed by atoms with Gasteiger partial charge in [0.2, 0.25) is 0 Å². The molecule has 158 valence electrons. The summed E-state index contributed by atoms with van der Waals surface area (Å²) in [6.45, 7) is 3.36. The molecule has 1 aliphatic heterocycles. The van der Waals surface area contributed by atoms with Gasteiger partial charge in [0, 0.05) is 37.2 Å². The zero-order chi connectivity index (χ0) is 22.1. The van der Waals surface area contributed by atoms with E-state index >= 15 is 0 Å². The van der Waals surface area contributed by atoms with Crippen LogP contribution in [-0.2, 0) is 11.8 Å². The van der Waals surface area contributed by atoms with E-state index < -0.39 is 12.1 Å². The third-order valence-corrected chi connectivity index (χ3v) is 4.76. The quantitative estimate of drug-likeness (QED) is 0.681. The van der Waals surface area contributed by atoms with Crippen molar-refractivity contribution in [2.45, 2.75) is 13.1 Å². The number of nitrogens with zero attached hydrogens (tertiary/aromatic N) is 4. The SMILES string of the molecule is Cc1ccncc1N1CCN(c2cc3ccccc3n2C)C1=O.O=C(O)C(F)(F)F. The number of carbonyl (C=O) groups is 2. The number of halogens is 3. The molecule has 0 atom stereocenters. The molecule has 10 heteroatoms. The molecule has 0 saturated carbocycles. The van der Waals surface area contributed by atoms with Gasteiger partial charge in [0.1, 0.15) is 5.82 Å². The summed E-state index contributed by atoms with van der Waals surface area (Å²) in [6.07, 6.45) is -1.57. The first-order valence-corrected chi connectivity index (χ1v) is 8.95. The van der Waals surface area contributed by atoms with Crippen LogP contribution in [0.25, 0.3) is 10.9 Å². The number of para-hydroxylation sites is 1. The molecule has 7 nitrogen and oxygen atoms in total. The van der Waals surface area contributed by atoms with Gasteiger partial charge in [-0.05, 0) is 30.7 Å². The minimum atomic E-state index is -5.08. The van der Waals surface area contributed by atoms with Crippen LogP contribution in [0, 0.1) is 6.92 Å². The number of carbonyl (C=O) groups excluding carboxylic acids is 1. The van der Waals surface area contributed by atoms with Crippen molar-refractivity contribution in [2.75, 3.05) is 22.9 Å². The van der Waals surface area contributed by atoms with Crippen LogP contribution < -0.4 is 9.80 Å². The average Bonchev–Trinajstić information content (AvgIpc) is 3.22. The normalized spacial score (nSPS) is 14.1. The molecule has 0 radical (unpaired) electrons. The van der Waals surface area contributed by atoms with E-state index in [0.29, 0.717) is 13.1 Å². The Kier molecular flexibility index (Phi) is 5.68. The summed E-state index contributed by atoms with van der Waals surface area (Å²) in [5, 5.41) is 8.27. The summed E-state index contributed by atoms with van der Waals surface area (Å²) >= 11 is 0.